The number of benzene rings is 1. The molecule has 0 spiro atoms. The van der Waals surface area contributed by atoms with Gasteiger partial charge in [0, 0.05) is 22.6 Å². The number of aromatic nitrogens is 1. The molecular formula is C20H25BrN2O3. The Kier molecular flexibility index (Phi) is 5.08. The van der Waals surface area contributed by atoms with Gasteiger partial charge >= 0.3 is 0 Å². The highest BCUT2D eigenvalue weighted by molar-refractivity contribution is 9.10. The van der Waals surface area contributed by atoms with E-state index >= 15 is 0 Å². The number of carbonyl (C=O) groups excluding carboxylic acids is 1. The van der Waals surface area contributed by atoms with Crippen LogP contribution in [-0.2, 0) is 11.3 Å². The fourth-order valence-corrected chi connectivity index (χ4v) is 4.71. The second kappa shape index (κ2) is 7.33. The van der Waals surface area contributed by atoms with E-state index in [1.807, 2.05) is 29.0 Å². The molecule has 2 aliphatic rings. The summed E-state index contributed by atoms with van der Waals surface area (Å²) in [5, 5.41) is 14.4. The minimum Gasteiger partial charge on any atom is -0.383 e. The zero-order valence-corrected chi connectivity index (χ0v) is 16.4. The molecule has 0 unspecified atom stereocenters. The number of hydrogen-bond donors (Lipinski definition) is 2. The molecule has 1 aliphatic heterocycles. The zero-order chi connectivity index (χ0) is 18.1. The topological polar surface area (TPSA) is 63.5 Å². The Morgan fingerprint density at radius 1 is 1.35 bits per heavy atom. The Bertz CT molecular complexity index is 807. The van der Waals surface area contributed by atoms with Crippen molar-refractivity contribution in [3.05, 3.63) is 34.4 Å². The fourth-order valence-electron chi connectivity index (χ4n) is 4.14. The lowest BCUT2D eigenvalue weighted by atomic mass is 10.0. The number of aliphatic hydroxyl groups is 1. The zero-order valence-electron chi connectivity index (χ0n) is 14.8. The third kappa shape index (κ3) is 3.55. The Labute approximate surface area is 161 Å². The van der Waals surface area contributed by atoms with Crippen molar-refractivity contribution >= 4 is 32.7 Å². The van der Waals surface area contributed by atoms with Crippen LogP contribution in [0.1, 0.15) is 42.5 Å². The number of nitrogens with zero attached hydrogens (tertiary/aromatic N) is 1. The van der Waals surface area contributed by atoms with Gasteiger partial charge in [0.1, 0.15) is 5.60 Å². The number of nitrogens with one attached hydrogen (secondary N) is 1. The fraction of sp³-hybridized carbons (Fsp3) is 0.550. The van der Waals surface area contributed by atoms with E-state index in [1.54, 1.807) is 0 Å². The van der Waals surface area contributed by atoms with Gasteiger partial charge < -0.3 is 19.7 Å². The number of ether oxygens (including phenoxy) is 1. The molecule has 2 aromatic rings. The van der Waals surface area contributed by atoms with Crippen molar-refractivity contribution in [1.82, 2.24) is 9.88 Å². The predicted molar refractivity (Wildman–Crippen MR) is 104 cm³/mol. The highest BCUT2D eigenvalue weighted by Crippen LogP contribution is 2.31. The van der Waals surface area contributed by atoms with Crippen molar-refractivity contribution in [1.29, 1.82) is 0 Å². The van der Waals surface area contributed by atoms with Gasteiger partial charge in [-0.2, -0.15) is 0 Å². The molecule has 26 heavy (non-hydrogen) atoms. The minimum atomic E-state index is -0.843. The molecule has 0 bridgehead atoms. The molecule has 1 aliphatic carbocycles. The summed E-state index contributed by atoms with van der Waals surface area (Å²) in [7, 11) is 0. The van der Waals surface area contributed by atoms with Crippen molar-refractivity contribution in [2.75, 3.05) is 19.8 Å². The Morgan fingerprint density at radius 3 is 2.81 bits per heavy atom. The molecule has 2 N–H and O–H groups in total. The molecule has 140 valence electrons. The molecule has 0 atom stereocenters. The lowest BCUT2D eigenvalue weighted by Gasteiger charge is -2.36. The number of carbonyl (C=O) groups is 1. The van der Waals surface area contributed by atoms with Crippen LogP contribution in [0.5, 0.6) is 0 Å². The van der Waals surface area contributed by atoms with E-state index < -0.39 is 5.60 Å². The highest BCUT2D eigenvalue weighted by Gasteiger charge is 2.37. The lowest BCUT2D eigenvalue weighted by Crippen LogP contribution is -2.52. The van der Waals surface area contributed by atoms with E-state index in [0.717, 1.165) is 34.3 Å². The smallest absolute Gasteiger partial charge is 0.253 e. The molecular weight excluding hydrogens is 396 g/mol. The average molecular weight is 421 g/mol. The Hall–Kier alpha value is -1.37. The first kappa shape index (κ1) is 18.0. The van der Waals surface area contributed by atoms with E-state index in [-0.39, 0.29) is 5.91 Å². The Balaban J connectivity index is 1.54. The van der Waals surface area contributed by atoms with Gasteiger partial charge in [-0.25, -0.2) is 0 Å². The van der Waals surface area contributed by atoms with Crippen molar-refractivity contribution in [3.8, 4) is 0 Å². The maximum atomic E-state index is 12.8. The van der Waals surface area contributed by atoms with Crippen LogP contribution < -0.4 is 5.32 Å². The van der Waals surface area contributed by atoms with Crippen LogP contribution in [0.2, 0.25) is 0 Å². The summed E-state index contributed by atoms with van der Waals surface area (Å²) in [6.45, 7) is 1.82. The SMILES string of the molecule is O=C(NCCC1CCCC1)c1cn(CC2(O)COC2)c2cccc(Br)c12. The van der Waals surface area contributed by atoms with Crippen LogP contribution >= 0.6 is 15.9 Å². The second-order valence-electron chi connectivity index (χ2n) is 7.72. The van der Waals surface area contributed by atoms with Crippen molar-refractivity contribution in [2.45, 2.75) is 44.2 Å². The largest absolute Gasteiger partial charge is 0.383 e. The highest BCUT2D eigenvalue weighted by atomic mass is 79.9. The van der Waals surface area contributed by atoms with E-state index in [4.69, 9.17) is 4.74 Å². The van der Waals surface area contributed by atoms with Crippen LogP contribution in [-0.4, -0.2) is 40.9 Å². The number of halogens is 1. The summed E-state index contributed by atoms with van der Waals surface area (Å²) in [4.78, 5) is 12.8. The molecule has 5 nitrogen and oxygen atoms in total. The third-order valence-corrected chi connectivity index (χ3v) is 6.28. The Morgan fingerprint density at radius 2 is 2.12 bits per heavy atom. The molecule has 1 amide bonds. The lowest BCUT2D eigenvalue weighted by molar-refractivity contribution is -0.184. The molecule has 1 saturated carbocycles. The van der Waals surface area contributed by atoms with Crippen molar-refractivity contribution in [3.63, 3.8) is 0 Å². The summed E-state index contributed by atoms with van der Waals surface area (Å²) in [5.74, 6) is 0.715. The van der Waals surface area contributed by atoms with E-state index in [9.17, 15) is 9.90 Å². The van der Waals surface area contributed by atoms with Crippen LogP contribution in [0, 0.1) is 5.92 Å². The van der Waals surface area contributed by atoms with Crippen LogP contribution in [0.15, 0.2) is 28.9 Å². The second-order valence-corrected chi connectivity index (χ2v) is 8.57. The quantitative estimate of drug-likeness (QED) is 0.751. The standard InChI is InChI=1S/C20H25BrN2O3/c21-16-6-3-7-17-18(16)15(10-23(17)11-20(25)12-26-13-20)19(24)22-9-8-14-4-1-2-5-14/h3,6-7,10,14,25H,1-2,4-5,8-9,11-13H2,(H,22,24). The van der Waals surface area contributed by atoms with Gasteiger partial charge in [0.15, 0.2) is 0 Å². The molecule has 6 heteroatoms. The predicted octanol–water partition coefficient (Wildman–Crippen LogP) is 3.48. The van der Waals surface area contributed by atoms with Gasteiger partial charge in [0.25, 0.3) is 5.91 Å². The molecule has 4 rings (SSSR count). The monoisotopic (exact) mass is 420 g/mol. The molecule has 1 aromatic carbocycles. The van der Waals surface area contributed by atoms with Gasteiger partial charge in [-0.15, -0.1) is 0 Å². The van der Waals surface area contributed by atoms with Crippen molar-refractivity contribution in [2.24, 2.45) is 5.92 Å². The van der Waals surface area contributed by atoms with E-state index in [2.05, 4.69) is 21.2 Å². The van der Waals surface area contributed by atoms with Gasteiger partial charge in [0.2, 0.25) is 0 Å². The maximum absolute atomic E-state index is 12.8. The summed E-state index contributed by atoms with van der Waals surface area (Å²) >= 11 is 3.58. The van der Waals surface area contributed by atoms with Crippen LogP contribution in [0.3, 0.4) is 0 Å². The van der Waals surface area contributed by atoms with E-state index in [1.165, 1.54) is 25.7 Å². The maximum Gasteiger partial charge on any atom is 0.253 e. The van der Waals surface area contributed by atoms with Crippen LogP contribution in [0.4, 0.5) is 0 Å². The molecule has 2 fully saturated rings. The first-order chi connectivity index (χ1) is 12.6. The van der Waals surface area contributed by atoms with Crippen molar-refractivity contribution < 1.29 is 14.6 Å². The molecule has 1 saturated heterocycles. The average Bonchev–Trinajstić information content (AvgIpc) is 3.22. The van der Waals surface area contributed by atoms with Crippen LogP contribution in [0.25, 0.3) is 10.9 Å². The number of fused-ring (bicyclic) bond motifs is 1. The first-order valence-electron chi connectivity index (χ1n) is 9.41. The molecule has 2 heterocycles. The minimum absolute atomic E-state index is 0.0458. The van der Waals surface area contributed by atoms with Gasteiger partial charge in [-0.3, -0.25) is 4.79 Å². The summed E-state index contributed by atoms with van der Waals surface area (Å²) in [6.07, 6.45) is 8.15. The van der Waals surface area contributed by atoms with E-state index in [0.29, 0.717) is 25.3 Å². The first-order valence-corrected chi connectivity index (χ1v) is 10.2. The number of rotatable bonds is 6. The number of amides is 1. The summed E-state index contributed by atoms with van der Waals surface area (Å²) < 4.78 is 8.01. The van der Waals surface area contributed by atoms with Gasteiger partial charge in [-0.1, -0.05) is 47.7 Å². The molecule has 0 radical (unpaired) electrons. The molecule has 1 aromatic heterocycles. The summed E-state index contributed by atoms with van der Waals surface area (Å²) in [5.41, 5.74) is 0.758. The van der Waals surface area contributed by atoms with Gasteiger partial charge in [-0.05, 0) is 24.5 Å². The summed E-state index contributed by atoms with van der Waals surface area (Å²) in [6, 6.07) is 5.88. The number of hydrogen-bond acceptors (Lipinski definition) is 3. The normalized spacial score (nSPS) is 19.6. The van der Waals surface area contributed by atoms with Gasteiger partial charge in [0.05, 0.1) is 30.8 Å². The third-order valence-electron chi connectivity index (χ3n) is 5.62.